The van der Waals surface area contributed by atoms with Crippen LogP contribution in [0.3, 0.4) is 0 Å². The summed E-state index contributed by atoms with van der Waals surface area (Å²) in [5.41, 5.74) is 0.283. The molecule has 0 aliphatic heterocycles. The first kappa shape index (κ1) is 16.2. The minimum atomic E-state index is 0.283. The van der Waals surface area contributed by atoms with Crippen molar-refractivity contribution in [2.75, 3.05) is 6.54 Å². The monoisotopic (exact) mass is 266 g/mol. The van der Waals surface area contributed by atoms with Gasteiger partial charge >= 0.3 is 0 Å². The SMILES string of the molecule is CCCNC(CCc1ncnn1CCC)C(C)(C)C. The molecule has 0 saturated carbocycles. The quantitative estimate of drug-likeness (QED) is 0.786. The lowest BCUT2D eigenvalue weighted by molar-refractivity contribution is 0.253. The van der Waals surface area contributed by atoms with Gasteiger partial charge in [-0.15, -0.1) is 0 Å². The van der Waals surface area contributed by atoms with Crippen molar-refractivity contribution in [2.45, 2.75) is 72.9 Å². The van der Waals surface area contributed by atoms with E-state index in [9.17, 15) is 0 Å². The molecule has 1 unspecified atom stereocenters. The predicted molar refractivity (Wildman–Crippen MR) is 80.2 cm³/mol. The van der Waals surface area contributed by atoms with Crippen molar-refractivity contribution in [3.8, 4) is 0 Å². The van der Waals surface area contributed by atoms with E-state index in [1.165, 1.54) is 6.42 Å². The predicted octanol–water partition coefficient (Wildman–Crippen LogP) is 3.04. The fraction of sp³-hybridized carbons (Fsp3) is 0.867. The minimum absolute atomic E-state index is 0.283. The topological polar surface area (TPSA) is 42.7 Å². The molecular formula is C15H30N4. The van der Waals surface area contributed by atoms with Crippen molar-refractivity contribution in [2.24, 2.45) is 5.41 Å². The summed E-state index contributed by atoms with van der Waals surface area (Å²) in [5, 5.41) is 7.96. The molecule has 4 nitrogen and oxygen atoms in total. The molecule has 1 rings (SSSR count). The first-order valence-corrected chi connectivity index (χ1v) is 7.59. The Morgan fingerprint density at radius 1 is 1.26 bits per heavy atom. The number of nitrogens with zero attached hydrogens (tertiary/aromatic N) is 3. The zero-order chi connectivity index (χ0) is 14.3. The molecule has 1 aromatic heterocycles. The van der Waals surface area contributed by atoms with E-state index < -0.39 is 0 Å². The van der Waals surface area contributed by atoms with Gasteiger partial charge in [0, 0.05) is 19.0 Å². The van der Waals surface area contributed by atoms with Crippen molar-refractivity contribution < 1.29 is 0 Å². The van der Waals surface area contributed by atoms with Crippen LogP contribution >= 0.6 is 0 Å². The minimum Gasteiger partial charge on any atom is -0.313 e. The standard InChI is InChI=1S/C15H30N4/c1-6-10-16-13(15(3,4)5)8-9-14-17-12-18-19(14)11-7-2/h12-13,16H,6-11H2,1-5H3. The lowest BCUT2D eigenvalue weighted by Crippen LogP contribution is -2.41. The molecule has 1 aromatic rings. The van der Waals surface area contributed by atoms with Gasteiger partial charge in [0.05, 0.1) is 0 Å². The average Bonchev–Trinajstić information content (AvgIpc) is 2.75. The zero-order valence-corrected chi connectivity index (χ0v) is 13.2. The highest BCUT2D eigenvalue weighted by Gasteiger charge is 2.24. The molecule has 0 bridgehead atoms. The molecule has 0 amide bonds. The van der Waals surface area contributed by atoms with E-state index in [0.717, 1.165) is 38.2 Å². The molecule has 0 spiro atoms. The highest BCUT2D eigenvalue weighted by atomic mass is 15.3. The van der Waals surface area contributed by atoms with Crippen LogP contribution in [0.25, 0.3) is 0 Å². The van der Waals surface area contributed by atoms with Crippen LogP contribution in [-0.4, -0.2) is 27.4 Å². The third-order valence-corrected chi connectivity index (χ3v) is 3.47. The highest BCUT2D eigenvalue weighted by molar-refractivity contribution is 4.89. The Hall–Kier alpha value is -0.900. The normalized spacial score (nSPS) is 13.7. The maximum Gasteiger partial charge on any atom is 0.138 e. The summed E-state index contributed by atoms with van der Waals surface area (Å²) >= 11 is 0. The Morgan fingerprint density at radius 3 is 2.58 bits per heavy atom. The summed E-state index contributed by atoms with van der Waals surface area (Å²) in [4.78, 5) is 4.39. The van der Waals surface area contributed by atoms with Crippen LogP contribution in [-0.2, 0) is 13.0 Å². The van der Waals surface area contributed by atoms with Crippen molar-refractivity contribution >= 4 is 0 Å². The highest BCUT2D eigenvalue weighted by Crippen LogP contribution is 2.23. The van der Waals surface area contributed by atoms with Gasteiger partial charge in [0.1, 0.15) is 12.2 Å². The average molecular weight is 266 g/mol. The van der Waals surface area contributed by atoms with Crippen molar-refractivity contribution in [1.82, 2.24) is 20.1 Å². The van der Waals surface area contributed by atoms with Gasteiger partial charge in [-0.3, -0.25) is 4.68 Å². The molecular weight excluding hydrogens is 236 g/mol. The van der Waals surface area contributed by atoms with E-state index in [1.54, 1.807) is 6.33 Å². The van der Waals surface area contributed by atoms with E-state index in [-0.39, 0.29) is 5.41 Å². The first-order valence-electron chi connectivity index (χ1n) is 7.59. The third-order valence-electron chi connectivity index (χ3n) is 3.47. The molecule has 0 saturated heterocycles. The van der Waals surface area contributed by atoms with Crippen LogP contribution in [0.4, 0.5) is 0 Å². The summed E-state index contributed by atoms with van der Waals surface area (Å²) in [5.74, 6) is 1.12. The lowest BCUT2D eigenvalue weighted by atomic mass is 9.84. The molecule has 0 radical (unpaired) electrons. The number of hydrogen-bond donors (Lipinski definition) is 1. The Morgan fingerprint density at radius 2 is 2.00 bits per heavy atom. The van der Waals surface area contributed by atoms with Crippen molar-refractivity contribution in [3.05, 3.63) is 12.2 Å². The fourth-order valence-corrected chi connectivity index (χ4v) is 2.31. The second-order valence-electron chi connectivity index (χ2n) is 6.31. The lowest BCUT2D eigenvalue weighted by Gasteiger charge is -2.31. The van der Waals surface area contributed by atoms with Gasteiger partial charge in [0.25, 0.3) is 0 Å². The molecule has 0 aliphatic rings. The van der Waals surface area contributed by atoms with E-state index in [4.69, 9.17) is 0 Å². The van der Waals surface area contributed by atoms with E-state index >= 15 is 0 Å². The maximum absolute atomic E-state index is 4.39. The first-order chi connectivity index (χ1) is 8.99. The number of rotatable bonds is 8. The molecule has 1 atom stereocenters. The third kappa shape index (κ3) is 5.31. The number of aryl methyl sites for hydroxylation is 2. The van der Waals surface area contributed by atoms with Gasteiger partial charge in [0.2, 0.25) is 0 Å². The van der Waals surface area contributed by atoms with Gasteiger partial charge in [-0.25, -0.2) is 4.98 Å². The fourth-order valence-electron chi connectivity index (χ4n) is 2.31. The molecule has 0 aliphatic carbocycles. The molecule has 19 heavy (non-hydrogen) atoms. The molecule has 4 heteroatoms. The smallest absolute Gasteiger partial charge is 0.138 e. The summed E-state index contributed by atoms with van der Waals surface area (Å²) in [6.07, 6.45) is 6.08. The number of hydrogen-bond acceptors (Lipinski definition) is 3. The van der Waals surface area contributed by atoms with Gasteiger partial charge in [-0.2, -0.15) is 5.10 Å². The van der Waals surface area contributed by atoms with E-state index in [2.05, 4.69) is 50.0 Å². The number of nitrogens with one attached hydrogen (secondary N) is 1. The maximum atomic E-state index is 4.39. The summed E-state index contributed by atoms with van der Waals surface area (Å²) < 4.78 is 2.04. The molecule has 1 N–H and O–H groups in total. The Balaban J connectivity index is 2.57. The summed E-state index contributed by atoms with van der Waals surface area (Å²) in [6.45, 7) is 13.4. The Labute approximate surface area is 118 Å². The van der Waals surface area contributed by atoms with Crippen molar-refractivity contribution in [3.63, 3.8) is 0 Å². The second kappa shape index (κ2) is 7.63. The van der Waals surface area contributed by atoms with E-state index in [0.29, 0.717) is 6.04 Å². The summed E-state index contributed by atoms with van der Waals surface area (Å²) in [6, 6.07) is 0.527. The molecule has 110 valence electrons. The van der Waals surface area contributed by atoms with Gasteiger partial charge in [0.15, 0.2) is 0 Å². The van der Waals surface area contributed by atoms with Crippen LogP contribution in [0.5, 0.6) is 0 Å². The zero-order valence-electron chi connectivity index (χ0n) is 13.2. The van der Waals surface area contributed by atoms with E-state index in [1.807, 2.05) is 4.68 Å². The molecule has 0 aromatic carbocycles. The second-order valence-corrected chi connectivity index (χ2v) is 6.31. The van der Waals surface area contributed by atoms with Crippen LogP contribution in [0.1, 0.15) is 59.7 Å². The van der Waals surface area contributed by atoms with Crippen LogP contribution < -0.4 is 5.32 Å². The van der Waals surface area contributed by atoms with Gasteiger partial charge < -0.3 is 5.32 Å². The van der Waals surface area contributed by atoms with Gasteiger partial charge in [-0.1, -0.05) is 34.6 Å². The molecule has 1 heterocycles. The Bertz CT molecular complexity index is 351. The van der Waals surface area contributed by atoms with Gasteiger partial charge in [-0.05, 0) is 31.2 Å². The van der Waals surface area contributed by atoms with Crippen LogP contribution in [0, 0.1) is 5.41 Å². The summed E-state index contributed by atoms with van der Waals surface area (Å²) in [7, 11) is 0. The largest absolute Gasteiger partial charge is 0.313 e. The van der Waals surface area contributed by atoms with Crippen LogP contribution in [0.2, 0.25) is 0 Å². The number of aromatic nitrogens is 3. The Kier molecular flexibility index (Phi) is 6.49. The molecule has 0 fully saturated rings. The van der Waals surface area contributed by atoms with Crippen LogP contribution in [0.15, 0.2) is 6.33 Å². The van der Waals surface area contributed by atoms with Crippen molar-refractivity contribution in [1.29, 1.82) is 0 Å².